The van der Waals surface area contributed by atoms with Crippen LogP contribution in [0.4, 0.5) is 4.79 Å². The minimum atomic E-state index is -0.337. The number of fused-ring (bicyclic) bond motifs is 2. The predicted octanol–water partition coefficient (Wildman–Crippen LogP) is 3.85. The Kier molecular flexibility index (Phi) is 4.30. The van der Waals surface area contributed by atoms with Crippen LogP contribution in [-0.2, 0) is 12.8 Å². The molecule has 0 bridgehead atoms. The average molecular weight is 341 g/mol. The van der Waals surface area contributed by atoms with Gasteiger partial charge in [-0.15, -0.1) is 0 Å². The second kappa shape index (κ2) is 6.58. The molecule has 1 amide bonds. The molecule has 0 N–H and O–H groups in total. The number of carbonyl (C=O) groups is 1. The summed E-state index contributed by atoms with van der Waals surface area (Å²) in [4.78, 5) is 15.6. The molecule has 24 heavy (non-hydrogen) atoms. The zero-order valence-corrected chi connectivity index (χ0v) is 14.4. The van der Waals surface area contributed by atoms with Gasteiger partial charge in [-0.1, -0.05) is 48.5 Å². The summed E-state index contributed by atoms with van der Waals surface area (Å²) in [5.74, 6) is 0. The number of rotatable bonds is 1. The van der Waals surface area contributed by atoms with Crippen molar-refractivity contribution in [2.24, 2.45) is 0 Å². The van der Waals surface area contributed by atoms with Crippen LogP contribution in [-0.4, -0.2) is 41.3 Å². The van der Waals surface area contributed by atoms with Gasteiger partial charge in [-0.05, 0) is 46.7 Å². The monoisotopic (exact) mass is 340 g/mol. The topological polar surface area (TPSA) is 23.6 Å². The van der Waals surface area contributed by atoms with E-state index in [0.29, 0.717) is 13.1 Å². The maximum Gasteiger partial charge on any atom is 0.316 e. The third-order valence-electron chi connectivity index (χ3n) is 5.29. The van der Waals surface area contributed by atoms with Crippen molar-refractivity contribution in [3.05, 3.63) is 70.8 Å². The highest BCUT2D eigenvalue weighted by molar-refractivity contribution is 6.62. The summed E-state index contributed by atoms with van der Waals surface area (Å²) in [5, 5.41) is -0.337. The highest BCUT2D eigenvalue weighted by Gasteiger charge is 2.31. The Balaban J connectivity index is 1.72. The summed E-state index contributed by atoms with van der Waals surface area (Å²) in [6.45, 7) is 3.10. The quantitative estimate of drug-likeness (QED) is 0.581. The fourth-order valence-electron chi connectivity index (χ4n) is 4.04. The van der Waals surface area contributed by atoms with E-state index in [1.165, 1.54) is 22.3 Å². The van der Waals surface area contributed by atoms with Gasteiger partial charge in [0, 0.05) is 26.2 Å². The van der Waals surface area contributed by atoms with Crippen molar-refractivity contribution in [2.45, 2.75) is 18.9 Å². The molecule has 0 atom stereocenters. The fraction of sp³-hybridized carbons (Fsp3) is 0.350. The summed E-state index contributed by atoms with van der Waals surface area (Å²) >= 11 is 5.65. The van der Waals surface area contributed by atoms with E-state index >= 15 is 0 Å². The molecule has 2 aromatic rings. The summed E-state index contributed by atoms with van der Waals surface area (Å²) in [7, 11) is 0. The minimum Gasteiger partial charge on any atom is -0.327 e. The lowest BCUT2D eigenvalue weighted by molar-refractivity contribution is 0.130. The van der Waals surface area contributed by atoms with E-state index in [1.54, 1.807) is 4.90 Å². The summed E-state index contributed by atoms with van der Waals surface area (Å²) in [5.41, 5.74) is 5.70. The molecule has 4 heteroatoms. The van der Waals surface area contributed by atoms with E-state index in [0.717, 1.165) is 25.9 Å². The van der Waals surface area contributed by atoms with Gasteiger partial charge in [0.15, 0.2) is 0 Å². The maximum atomic E-state index is 11.4. The van der Waals surface area contributed by atoms with E-state index in [1.807, 2.05) is 0 Å². The molecule has 1 aliphatic heterocycles. The highest BCUT2D eigenvalue weighted by atomic mass is 35.5. The van der Waals surface area contributed by atoms with E-state index < -0.39 is 0 Å². The zero-order chi connectivity index (χ0) is 16.5. The Morgan fingerprint density at radius 3 is 1.83 bits per heavy atom. The third-order valence-corrected chi connectivity index (χ3v) is 5.53. The van der Waals surface area contributed by atoms with Gasteiger partial charge in [-0.25, -0.2) is 0 Å². The van der Waals surface area contributed by atoms with Crippen LogP contribution in [0.3, 0.4) is 0 Å². The molecule has 0 radical (unpaired) electrons. The first-order valence-corrected chi connectivity index (χ1v) is 8.96. The molecule has 3 nitrogen and oxygen atoms in total. The summed E-state index contributed by atoms with van der Waals surface area (Å²) < 4.78 is 0. The Bertz CT molecular complexity index is 705. The largest absolute Gasteiger partial charge is 0.327 e. The molecule has 0 aromatic heterocycles. The van der Waals surface area contributed by atoms with Crippen LogP contribution in [0.1, 0.15) is 28.3 Å². The maximum absolute atomic E-state index is 11.4. The van der Waals surface area contributed by atoms with Gasteiger partial charge in [0.25, 0.3) is 0 Å². The van der Waals surface area contributed by atoms with Gasteiger partial charge in [0.1, 0.15) is 0 Å². The second-order valence-electron chi connectivity index (χ2n) is 6.58. The second-order valence-corrected chi connectivity index (χ2v) is 6.90. The van der Waals surface area contributed by atoms with Gasteiger partial charge >= 0.3 is 5.37 Å². The minimum absolute atomic E-state index is 0.271. The SMILES string of the molecule is O=C(Cl)N1CCN(C2c3ccccc3CCc3ccccc32)CC1. The number of benzene rings is 2. The molecular weight excluding hydrogens is 320 g/mol. The molecule has 2 aliphatic rings. The van der Waals surface area contributed by atoms with Gasteiger partial charge in [0.2, 0.25) is 0 Å². The van der Waals surface area contributed by atoms with Crippen molar-refractivity contribution in [1.29, 1.82) is 0 Å². The molecular formula is C20H21ClN2O. The normalized spacial score (nSPS) is 18.6. The lowest BCUT2D eigenvalue weighted by Crippen LogP contribution is -2.48. The standard InChI is InChI=1S/C20H21ClN2O/c21-20(24)23-13-11-22(12-14-23)19-17-7-3-1-5-15(17)9-10-16-6-2-4-8-18(16)19/h1-8,19H,9-14H2. The van der Waals surface area contributed by atoms with E-state index in [-0.39, 0.29) is 11.4 Å². The fourth-order valence-corrected chi connectivity index (χ4v) is 4.21. The van der Waals surface area contributed by atoms with Gasteiger partial charge in [0.05, 0.1) is 6.04 Å². The third kappa shape index (κ3) is 2.83. The lowest BCUT2D eigenvalue weighted by atomic mass is 9.93. The van der Waals surface area contributed by atoms with E-state index in [2.05, 4.69) is 53.4 Å². The number of nitrogens with zero attached hydrogens (tertiary/aromatic N) is 2. The van der Waals surface area contributed by atoms with Gasteiger partial charge in [-0.3, -0.25) is 9.69 Å². The first-order chi connectivity index (χ1) is 11.7. The van der Waals surface area contributed by atoms with Crippen molar-refractivity contribution < 1.29 is 4.79 Å². The van der Waals surface area contributed by atoms with Crippen LogP contribution in [0, 0.1) is 0 Å². The molecule has 1 heterocycles. The smallest absolute Gasteiger partial charge is 0.316 e. The number of carbonyl (C=O) groups excluding carboxylic acids is 1. The van der Waals surface area contributed by atoms with Crippen molar-refractivity contribution >= 4 is 17.0 Å². The first-order valence-electron chi connectivity index (χ1n) is 8.58. The first kappa shape index (κ1) is 15.7. The van der Waals surface area contributed by atoms with Crippen molar-refractivity contribution in [2.75, 3.05) is 26.2 Å². The number of hydrogen-bond acceptors (Lipinski definition) is 2. The molecule has 4 rings (SSSR count). The molecule has 1 saturated heterocycles. The number of amides is 1. The van der Waals surface area contributed by atoms with Gasteiger partial charge in [-0.2, -0.15) is 0 Å². The predicted molar refractivity (Wildman–Crippen MR) is 96.5 cm³/mol. The van der Waals surface area contributed by atoms with Gasteiger partial charge < -0.3 is 4.90 Å². The molecule has 0 spiro atoms. The molecule has 0 unspecified atom stereocenters. The Morgan fingerprint density at radius 1 is 0.833 bits per heavy atom. The van der Waals surface area contributed by atoms with Crippen molar-refractivity contribution in [3.8, 4) is 0 Å². The number of hydrogen-bond donors (Lipinski definition) is 0. The van der Waals surface area contributed by atoms with Crippen LogP contribution < -0.4 is 0 Å². The summed E-state index contributed by atoms with van der Waals surface area (Å²) in [6, 6.07) is 17.9. The average Bonchev–Trinajstić information content (AvgIpc) is 2.79. The molecule has 2 aromatic carbocycles. The molecule has 0 saturated carbocycles. The van der Waals surface area contributed by atoms with E-state index in [4.69, 9.17) is 11.6 Å². The van der Waals surface area contributed by atoms with Crippen LogP contribution in [0.25, 0.3) is 0 Å². The highest BCUT2D eigenvalue weighted by Crippen LogP contribution is 2.37. The van der Waals surface area contributed by atoms with Crippen molar-refractivity contribution in [1.82, 2.24) is 9.80 Å². The van der Waals surface area contributed by atoms with E-state index in [9.17, 15) is 4.79 Å². The Morgan fingerprint density at radius 2 is 1.33 bits per heavy atom. The number of halogens is 1. The number of aryl methyl sites for hydroxylation is 2. The molecule has 124 valence electrons. The lowest BCUT2D eigenvalue weighted by Gasteiger charge is -2.39. The zero-order valence-electron chi connectivity index (χ0n) is 13.6. The van der Waals surface area contributed by atoms with Crippen LogP contribution in [0.15, 0.2) is 48.5 Å². The Labute approximate surface area is 147 Å². The van der Waals surface area contributed by atoms with Crippen LogP contribution in [0.5, 0.6) is 0 Å². The summed E-state index contributed by atoms with van der Waals surface area (Å²) in [6.07, 6.45) is 2.17. The van der Waals surface area contributed by atoms with Crippen LogP contribution in [0.2, 0.25) is 0 Å². The van der Waals surface area contributed by atoms with Crippen LogP contribution >= 0.6 is 11.6 Å². The van der Waals surface area contributed by atoms with Crippen molar-refractivity contribution in [3.63, 3.8) is 0 Å². The number of piperazine rings is 1. The molecule has 1 fully saturated rings. The Hall–Kier alpha value is -1.84. The molecule has 1 aliphatic carbocycles.